The second kappa shape index (κ2) is 38.8. The lowest BCUT2D eigenvalue weighted by atomic mass is 10.3. The highest BCUT2D eigenvalue weighted by Gasteiger charge is 2.53. The highest BCUT2D eigenvalue weighted by molar-refractivity contribution is 8.14. The number of nitrogens with one attached hydrogen (secondary N) is 1. The molecule has 2 rings (SSSR count). The number of hydrogen-bond donors (Lipinski definition) is 1. The van der Waals surface area contributed by atoms with Crippen LogP contribution in [0.25, 0.3) is 12.4 Å². The molecular weight excluding hydrogens is 1730 g/mol. The minimum atomic E-state index is -6.72. The summed E-state index contributed by atoms with van der Waals surface area (Å²) in [6.45, 7) is 3.61. The van der Waals surface area contributed by atoms with E-state index in [2.05, 4.69) is 0 Å². The summed E-state index contributed by atoms with van der Waals surface area (Å²) in [5, 5.41) is 0. The molecule has 2 heterocycles. The second-order valence-electron chi connectivity index (χ2n) is 18.1. The number of nitrogens with zero attached hydrogens (tertiary/aromatic N) is 8. The number of carbonyl (C=O) groups excluding carboxylic acids is 1. The predicted octanol–water partition coefficient (Wildman–Crippen LogP) is 10.1. The molecule has 1 amide bonds. The van der Waals surface area contributed by atoms with Gasteiger partial charge in [-0.05, 0) is 31.2 Å². The van der Waals surface area contributed by atoms with Gasteiger partial charge in [-0.2, -0.15) is 166 Å². The first-order valence-corrected chi connectivity index (χ1v) is 35.6. The van der Waals surface area contributed by atoms with Crippen LogP contribution in [0, 0.1) is 0 Å². The molecular formula is C35H46F36N9O15S8+. The van der Waals surface area contributed by atoms with Crippen LogP contribution in [0.3, 0.4) is 0 Å². The molecule has 0 spiro atoms. The Kier molecular flexibility index (Phi) is 41.2. The number of imidazole rings is 2. The van der Waals surface area contributed by atoms with Crippen LogP contribution >= 0.6 is 0 Å². The Bertz CT molecular complexity index is 3350. The molecule has 620 valence electrons. The maximum Gasteiger partial charge on any atom is 0.516 e. The molecule has 2 aromatic heterocycles. The number of alkyl halides is 36. The first-order chi connectivity index (χ1) is 44.2. The molecule has 24 nitrogen and oxygen atoms in total. The lowest BCUT2D eigenvalue weighted by molar-refractivity contribution is -0.900. The summed E-state index contributed by atoms with van der Waals surface area (Å²) in [6, 6.07) is 0. The van der Waals surface area contributed by atoms with Gasteiger partial charge in [0, 0.05) is 0 Å². The summed E-state index contributed by atoms with van der Waals surface area (Å²) < 4.78 is 562. The van der Waals surface area contributed by atoms with Crippen molar-refractivity contribution in [2.24, 2.45) is 14.1 Å². The van der Waals surface area contributed by atoms with Crippen LogP contribution in [0.1, 0.15) is 33.6 Å². The average molecular weight is 1770 g/mol. The van der Waals surface area contributed by atoms with Gasteiger partial charge in [-0.3, -0.25) is 4.79 Å². The normalized spacial score (nSPS) is 13.9. The van der Waals surface area contributed by atoms with Crippen molar-refractivity contribution in [3.05, 3.63) is 49.8 Å². The van der Waals surface area contributed by atoms with Gasteiger partial charge in [0.1, 0.15) is 36.3 Å². The number of unbranched alkanes of at least 4 members (excludes halogenated alkanes) is 1. The largest absolute Gasteiger partial charge is 0.516 e. The Morgan fingerprint density at radius 1 is 0.408 bits per heavy atom. The van der Waals surface area contributed by atoms with E-state index >= 15 is 0 Å². The predicted molar refractivity (Wildman–Crippen MR) is 275 cm³/mol. The molecule has 0 aromatic carbocycles. The van der Waals surface area contributed by atoms with Crippen molar-refractivity contribution in [1.29, 1.82) is 0 Å². The van der Waals surface area contributed by atoms with Gasteiger partial charge >= 0.3 is 85.4 Å². The quantitative estimate of drug-likeness (QED) is 0.0707. The topological polar surface area (TPSA) is 328 Å². The fraction of sp³-hybridized carbons (Fsp3) is 0.800. The fourth-order valence-electron chi connectivity index (χ4n) is 4.27. The van der Waals surface area contributed by atoms with Gasteiger partial charge in [0.2, 0.25) is 18.4 Å². The molecule has 103 heavy (non-hydrogen) atoms. The smallest absolute Gasteiger partial charge is 0.421 e. The number of aromatic nitrogens is 4. The summed E-state index contributed by atoms with van der Waals surface area (Å²) in [5.74, 6) is -2.50. The summed E-state index contributed by atoms with van der Waals surface area (Å²) >= 11 is 0. The number of carbonyl (C=O) groups is 1. The van der Waals surface area contributed by atoms with Crippen LogP contribution in [0.15, 0.2) is 37.4 Å². The van der Waals surface area contributed by atoms with E-state index < -0.39 is 182 Å². The van der Waals surface area contributed by atoms with Crippen molar-refractivity contribution in [3.8, 4) is 0 Å². The van der Waals surface area contributed by atoms with Crippen molar-refractivity contribution in [1.82, 2.24) is 13.9 Å². The second-order valence-corrected chi connectivity index (χ2v) is 32.7. The molecule has 0 fully saturated rings. The van der Waals surface area contributed by atoms with Crippen LogP contribution in [0.2, 0.25) is 0 Å². The van der Waals surface area contributed by atoms with Gasteiger partial charge < -0.3 is 16.9 Å². The minimum Gasteiger partial charge on any atom is -0.421 e. The van der Waals surface area contributed by atoms with E-state index in [9.17, 15) is 222 Å². The summed E-state index contributed by atoms with van der Waals surface area (Å²) in [4.78, 5) is 9.81. The molecule has 68 heteroatoms. The molecule has 1 N–H and O–H groups in total. The maximum atomic E-state index is 12.0. The number of hydrogen-bond acceptors (Lipinski definition) is 15. The molecule has 0 aliphatic rings. The zero-order chi connectivity index (χ0) is 84.9. The fourth-order valence-corrected chi connectivity index (χ4v) is 11.2. The number of halogens is 36. The molecule has 0 aliphatic carbocycles. The lowest BCUT2D eigenvalue weighted by Gasteiger charge is -2.30. The third-order valence-electron chi connectivity index (χ3n) is 8.41. The number of amides is 1. The molecule has 0 unspecified atom stereocenters. The molecule has 0 atom stereocenters. The van der Waals surface area contributed by atoms with E-state index in [1.807, 2.05) is 6.92 Å². The van der Waals surface area contributed by atoms with Gasteiger partial charge in [-0.25, -0.2) is 73.5 Å². The van der Waals surface area contributed by atoms with E-state index in [1.54, 1.807) is 63.6 Å². The summed E-state index contributed by atoms with van der Waals surface area (Å²) in [6.07, 6.45) is -11.5. The highest BCUT2D eigenvalue weighted by atomic mass is 32.3. The monoisotopic (exact) mass is 1770 g/mol. The van der Waals surface area contributed by atoms with Crippen LogP contribution < -0.4 is 13.9 Å². The Balaban J connectivity index is -0.000000262. The SMILES string of the molecule is CCCC[N+](C)(C)CC(F)(F)F.CC[S+](CC)CC(F)(F)F.C[n+]1ccn(CC(F)(F)F)c1.C[n+]1ccn(CC(F)(F)F)c1.O=C(NS(=O)(=O)C(F)(F)F)C(F)(F)F.O=S(=O)([N-]S(=O)(=O)C(F)(F)F)C(F)(F)F.O=S(=O)([N-]S(=O)(=O)C(F)(F)F)C(F)(F)F.O=S(=O)([N-]S(=O)(=O)C(F)(F)F)C(F)(F)F. The first-order valence-electron chi connectivity index (χ1n) is 23.8. The van der Waals surface area contributed by atoms with Crippen molar-refractivity contribution >= 4 is 87.0 Å². The van der Waals surface area contributed by atoms with E-state index in [1.165, 1.54) is 25.0 Å². The van der Waals surface area contributed by atoms with E-state index in [4.69, 9.17) is 0 Å². The Morgan fingerprint density at radius 2 is 0.650 bits per heavy atom. The van der Waals surface area contributed by atoms with Crippen LogP contribution in [-0.4, -0.2) is 192 Å². The Morgan fingerprint density at radius 3 is 0.786 bits per heavy atom. The first kappa shape index (κ1) is 109. The zero-order valence-electron chi connectivity index (χ0n) is 50.4. The number of sulfonamides is 7. The molecule has 0 bridgehead atoms. The van der Waals surface area contributed by atoms with Crippen molar-refractivity contribution in [2.75, 3.05) is 44.4 Å². The minimum absolute atomic E-state index is 0.0390. The Hall–Kier alpha value is -4.79. The molecule has 0 saturated carbocycles. The van der Waals surface area contributed by atoms with Crippen molar-refractivity contribution in [3.63, 3.8) is 0 Å². The van der Waals surface area contributed by atoms with Crippen LogP contribution in [0.5, 0.6) is 0 Å². The number of quaternary nitrogens is 1. The average Bonchev–Trinajstić information content (AvgIpc) is 0.893. The molecule has 0 radical (unpaired) electrons. The molecule has 2 aromatic rings. The lowest BCUT2D eigenvalue weighted by Crippen LogP contribution is -2.47. The zero-order valence-corrected chi connectivity index (χ0v) is 56.9. The van der Waals surface area contributed by atoms with E-state index in [-0.39, 0.29) is 9.21 Å². The van der Waals surface area contributed by atoms with Crippen LogP contribution in [0.4, 0.5) is 158 Å². The van der Waals surface area contributed by atoms with Gasteiger partial charge in [-0.1, -0.05) is 13.3 Å². The van der Waals surface area contributed by atoms with E-state index in [0.717, 1.165) is 34.4 Å². The molecule has 0 aliphatic heterocycles. The third kappa shape index (κ3) is 48.2. The van der Waals surface area contributed by atoms with Gasteiger partial charge in [0.05, 0.1) is 34.7 Å². The van der Waals surface area contributed by atoms with Gasteiger partial charge in [0.25, 0.3) is 0 Å². The van der Waals surface area contributed by atoms with Crippen LogP contribution in [-0.2, 0) is 113 Å². The summed E-state index contributed by atoms with van der Waals surface area (Å²) in [7, 11) is -40.5. The highest BCUT2D eigenvalue weighted by Crippen LogP contribution is 2.39. The third-order valence-corrected chi connectivity index (χ3v) is 20.1. The van der Waals surface area contributed by atoms with Crippen molar-refractivity contribution < 1.29 is 235 Å². The van der Waals surface area contributed by atoms with E-state index in [0.29, 0.717) is 18.1 Å². The number of aryl methyl sites for hydroxylation is 2. The standard InChI is InChI=1S/C8H17F3N.2C6H8F3N2.C6H12F3S.C3HF6NO3S.3C2F6NO4S2/c1-4-5-6-12(2,3)7-8(9,10)11;2*1-10-2-3-11(5-10)4-6(7,8)9;1-3-10(4-2)5-6(7,8)9;4-2(5,6)1(11)10-14(12,13)3(7,8)9;3*3-1(4,5)14(10,11)9-15(12,13)2(6,7)8/h4-7H2,1-3H3;2*2-3,5H,4H2,1H3;3-5H2,1-2H3;(H,10,11);;;/q4*+1;;3*-1. The Labute approximate surface area is 559 Å². The van der Waals surface area contributed by atoms with Crippen molar-refractivity contribution in [2.45, 2.75) is 116 Å². The number of rotatable bonds is 16. The van der Waals surface area contributed by atoms with Gasteiger partial charge in [0.15, 0.2) is 79.8 Å². The maximum absolute atomic E-state index is 12.0. The van der Waals surface area contributed by atoms with Gasteiger partial charge in [-0.15, -0.1) is 0 Å². The summed E-state index contributed by atoms with van der Waals surface area (Å²) in [5.41, 5.74) is -43.2. The molecule has 0 saturated heterocycles.